The lowest BCUT2D eigenvalue weighted by atomic mass is 10.2. The lowest BCUT2D eigenvalue weighted by Gasteiger charge is -2.32. The first-order valence-electron chi connectivity index (χ1n) is 4.19. The van der Waals surface area contributed by atoms with Crippen molar-refractivity contribution in [2.24, 2.45) is 0 Å². The van der Waals surface area contributed by atoms with Crippen molar-refractivity contribution >= 4 is 23.2 Å². The van der Waals surface area contributed by atoms with Gasteiger partial charge >= 0.3 is 0 Å². The van der Waals surface area contributed by atoms with Gasteiger partial charge in [0.15, 0.2) is 0 Å². The Balaban J connectivity index is 2.28. The minimum Gasteiger partial charge on any atom is -0.379 e. The van der Waals surface area contributed by atoms with Gasteiger partial charge in [-0.2, -0.15) is 0 Å². The van der Waals surface area contributed by atoms with Crippen LogP contribution in [0.1, 0.15) is 6.92 Å². The average Bonchev–Trinajstić information content (AvgIpc) is 2.06. The normalized spacial score (nSPS) is 25.2. The first-order chi connectivity index (χ1) is 5.64. The second-order valence-corrected chi connectivity index (χ2v) is 4.62. The molecule has 1 atom stereocenters. The summed E-state index contributed by atoms with van der Waals surface area (Å²) in [5.41, 5.74) is 0. The lowest BCUT2D eigenvalue weighted by molar-refractivity contribution is 0.0348. The maximum absolute atomic E-state index is 6.14. The summed E-state index contributed by atoms with van der Waals surface area (Å²) in [5, 5.41) is 0. The summed E-state index contributed by atoms with van der Waals surface area (Å²) in [6.07, 6.45) is 0. The predicted molar refractivity (Wildman–Crippen MR) is 52.2 cm³/mol. The summed E-state index contributed by atoms with van der Waals surface area (Å²) in [6, 6.07) is 0. The van der Waals surface area contributed by atoms with E-state index in [1.165, 1.54) is 0 Å². The van der Waals surface area contributed by atoms with E-state index >= 15 is 0 Å². The van der Waals surface area contributed by atoms with Crippen LogP contribution < -0.4 is 0 Å². The number of hydrogen-bond donors (Lipinski definition) is 0. The molecule has 1 aliphatic heterocycles. The Bertz CT molecular complexity index is 135. The fraction of sp³-hybridized carbons (Fsp3) is 1.00. The second-order valence-electron chi connectivity index (χ2n) is 3.44. The van der Waals surface area contributed by atoms with Gasteiger partial charge in [-0.15, -0.1) is 23.2 Å². The molecule has 72 valence electrons. The highest BCUT2D eigenvalue weighted by Gasteiger charge is 2.24. The summed E-state index contributed by atoms with van der Waals surface area (Å²) in [5.74, 6) is 0.492. The number of nitrogens with zero attached hydrogens (tertiary/aromatic N) is 1. The van der Waals surface area contributed by atoms with Crippen LogP contribution in [0.15, 0.2) is 0 Å². The van der Waals surface area contributed by atoms with Gasteiger partial charge in [-0.25, -0.2) is 0 Å². The minimum atomic E-state index is -0.293. The summed E-state index contributed by atoms with van der Waals surface area (Å²) >= 11 is 11.9. The lowest BCUT2D eigenvalue weighted by Crippen LogP contribution is -2.44. The fourth-order valence-electron chi connectivity index (χ4n) is 1.27. The number of halogens is 2. The Morgan fingerprint density at radius 2 is 2.00 bits per heavy atom. The van der Waals surface area contributed by atoms with Crippen molar-refractivity contribution in [3.05, 3.63) is 0 Å². The Labute approximate surface area is 83.8 Å². The van der Waals surface area contributed by atoms with Gasteiger partial charge in [0.05, 0.1) is 18.1 Å². The summed E-state index contributed by atoms with van der Waals surface area (Å²) in [6.45, 7) is 6.39. The molecule has 1 aliphatic rings. The molecule has 0 spiro atoms. The standard InChI is InChI=1S/C8H15Cl2NO/c1-8(10,6-9)7-11-2-4-12-5-3-11/h2-7H2,1H3. The van der Waals surface area contributed by atoms with Gasteiger partial charge in [-0.3, -0.25) is 4.90 Å². The monoisotopic (exact) mass is 211 g/mol. The first-order valence-corrected chi connectivity index (χ1v) is 5.10. The first kappa shape index (κ1) is 10.6. The zero-order chi connectivity index (χ0) is 9.03. The molecule has 1 fully saturated rings. The largest absolute Gasteiger partial charge is 0.379 e. The molecular formula is C8H15Cl2NO. The third-order valence-electron chi connectivity index (χ3n) is 1.94. The smallest absolute Gasteiger partial charge is 0.0680 e. The third kappa shape index (κ3) is 3.48. The summed E-state index contributed by atoms with van der Waals surface area (Å²) in [4.78, 5) is 2.00. The van der Waals surface area contributed by atoms with Crippen LogP contribution in [0.2, 0.25) is 0 Å². The SMILES string of the molecule is CC(Cl)(CCl)CN1CCOCC1. The van der Waals surface area contributed by atoms with E-state index in [-0.39, 0.29) is 4.87 Å². The van der Waals surface area contributed by atoms with Crippen molar-refractivity contribution in [3.63, 3.8) is 0 Å². The van der Waals surface area contributed by atoms with Crippen molar-refractivity contribution in [1.29, 1.82) is 0 Å². The molecule has 1 heterocycles. The van der Waals surface area contributed by atoms with Crippen LogP contribution in [0.4, 0.5) is 0 Å². The predicted octanol–water partition coefficient (Wildman–Crippen LogP) is 1.55. The minimum absolute atomic E-state index is 0.293. The van der Waals surface area contributed by atoms with Gasteiger partial charge < -0.3 is 4.74 Å². The molecule has 0 N–H and O–H groups in total. The van der Waals surface area contributed by atoms with E-state index in [0.29, 0.717) is 5.88 Å². The summed E-state index contributed by atoms with van der Waals surface area (Å²) < 4.78 is 5.23. The van der Waals surface area contributed by atoms with Gasteiger partial charge in [-0.1, -0.05) is 0 Å². The molecule has 0 aromatic rings. The third-order valence-corrected chi connectivity index (χ3v) is 2.92. The van der Waals surface area contributed by atoms with Crippen molar-refractivity contribution in [2.75, 3.05) is 38.7 Å². The van der Waals surface area contributed by atoms with E-state index in [0.717, 1.165) is 32.8 Å². The van der Waals surface area contributed by atoms with E-state index < -0.39 is 0 Å². The van der Waals surface area contributed by atoms with Gasteiger partial charge in [-0.05, 0) is 6.92 Å². The molecule has 0 aliphatic carbocycles. The highest BCUT2D eigenvalue weighted by Crippen LogP contribution is 2.18. The number of hydrogen-bond acceptors (Lipinski definition) is 2. The molecule has 0 aromatic heterocycles. The van der Waals surface area contributed by atoms with Gasteiger partial charge in [0.2, 0.25) is 0 Å². The van der Waals surface area contributed by atoms with Crippen LogP contribution in [0.5, 0.6) is 0 Å². The highest BCUT2D eigenvalue weighted by atomic mass is 35.5. The van der Waals surface area contributed by atoms with Crippen molar-refractivity contribution < 1.29 is 4.74 Å². The van der Waals surface area contributed by atoms with Gasteiger partial charge in [0.1, 0.15) is 0 Å². The molecule has 1 saturated heterocycles. The maximum atomic E-state index is 6.14. The van der Waals surface area contributed by atoms with E-state index in [1.54, 1.807) is 0 Å². The molecule has 4 heteroatoms. The quantitative estimate of drug-likeness (QED) is 0.658. The molecule has 0 aromatic carbocycles. The zero-order valence-electron chi connectivity index (χ0n) is 7.35. The number of rotatable bonds is 3. The number of ether oxygens (including phenoxy) is 1. The Hall–Kier alpha value is 0.500. The topological polar surface area (TPSA) is 12.5 Å². The van der Waals surface area contributed by atoms with Crippen LogP contribution in [-0.4, -0.2) is 48.5 Å². The molecular weight excluding hydrogens is 197 g/mol. The molecule has 0 saturated carbocycles. The van der Waals surface area contributed by atoms with Crippen molar-refractivity contribution in [2.45, 2.75) is 11.8 Å². The van der Waals surface area contributed by atoms with Crippen LogP contribution in [0, 0.1) is 0 Å². The van der Waals surface area contributed by atoms with Crippen LogP contribution in [0.25, 0.3) is 0 Å². The van der Waals surface area contributed by atoms with Gasteiger partial charge in [0.25, 0.3) is 0 Å². The highest BCUT2D eigenvalue weighted by molar-refractivity contribution is 6.30. The average molecular weight is 212 g/mol. The number of alkyl halides is 2. The molecule has 12 heavy (non-hydrogen) atoms. The van der Waals surface area contributed by atoms with Crippen molar-refractivity contribution in [1.82, 2.24) is 4.90 Å². The van der Waals surface area contributed by atoms with Crippen LogP contribution in [-0.2, 0) is 4.74 Å². The molecule has 0 radical (unpaired) electrons. The van der Waals surface area contributed by atoms with E-state index in [9.17, 15) is 0 Å². The second kappa shape index (κ2) is 4.66. The maximum Gasteiger partial charge on any atom is 0.0680 e. The zero-order valence-corrected chi connectivity index (χ0v) is 8.87. The Kier molecular flexibility index (Phi) is 4.11. The van der Waals surface area contributed by atoms with Crippen LogP contribution >= 0.6 is 23.2 Å². The molecule has 1 unspecified atom stereocenters. The molecule has 0 amide bonds. The van der Waals surface area contributed by atoms with Gasteiger partial charge in [0, 0.05) is 25.5 Å². The fourth-order valence-corrected chi connectivity index (χ4v) is 1.52. The molecule has 2 nitrogen and oxygen atoms in total. The number of morpholine rings is 1. The van der Waals surface area contributed by atoms with E-state index in [2.05, 4.69) is 4.90 Å². The Morgan fingerprint density at radius 3 is 2.50 bits per heavy atom. The molecule has 1 rings (SSSR count). The Morgan fingerprint density at radius 1 is 1.42 bits per heavy atom. The van der Waals surface area contributed by atoms with E-state index in [4.69, 9.17) is 27.9 Å². The van der Waals surface area contributed by atoms with E-state index in [1.807, 2.05) is 6.92 Å². The van der Waals surface area contributed by atoms with Crippen molar-refractivity contribution in [3.8, 4) is 0 Å². The van der Waals surface area contributed by atoms with Crippen LogP contribution in [0.3, 0.4) is 0 Å². The summed E-state index contributed by atoms with van der Waals surface area (Å²) in [7, 11) is 0. The molecule has 0 bridgehead atoms.